The summed E-state index contributed by atoms with van der Waals surface area (Å²) in [5.74, 6) is 1.65. The topological polar surface area (TPSA) is 107 Å². The molecular weight excluding hydrogens is 390 g/mol. The first-order valence-electron chi connectivity index (χ1n) is 9.23. The second-order valence-electron chi connectivity index (χ2n) is 7.33. The lowest BCUT2D eigenvalue weighted by Gasteiger charge is -2.18. The number of fused-ring (bicyclic) bond motifs is 1. The number of hydrogen-bond acceptors (Lipinski definition) is 6. The van der Waals surface area contributed by atoms with Crippen molar-refractivity contribution >= 4 is 29.0 Å². The lowest BCUT2D eigenvalue weighted by Crippen LogP contribution is -2.33. The largest absolute Gasteiger partial charge is 0.493 e. The number of ether oxygens (including phenoxy) is 4. The van der Waals surface area contributed by atoms with Crippen molar-refractivity contribution in [3.63, 3.8) is 0 Å². The molecule has 0 atom stereocenters. The van der Waals surface area contributed by atoms with Crippen LogP contribution in [0, 0.1) is 5.41 Å². The zero-order chi connectivity index (χ0) is 21.9. The van der Waals surface area contributed by atoms with Gasteiger partial charge < -0.3 is 34.9 Å². The molecule has 0 saturated carbocycles. The maximum atomic E-state index is 12.5. The first kappa shape index (κ1) is 21.1. The summed E-state index contributed by atoms with van der Waals surface area (Å²) in [6, 6.07) is 7.79. The Morgan fingerprint density at radius 3 is 2.23 bits per heavy atom. The van der Waals surface area contributed by atoms with Crippen molar-refractivity contribution in [1.29, 1.82) is 0 Å². The highest BCUT2D eigenvalue weighted by atomic mass is 16.5. The van der Waals surface area contributed by atoms with Crippen molar-refractivity contribution in [2.75, 3.05) is 43.9 Å². The van der Waals surface area contributed by atoms with E-state index in [2.05, 4.69) is 16.0 Å². The van der Waals surface area contributed by atoms with E-state index in [0.717, 1.165) is 0 Å². The van der Waals surface area contributed by atoms with E-state index in [0.29, 0.717) is 40.1 Å². The maximum Gasteiger partial charge on any atom is 0.323 e. The molecule has 2 aromatic carbocycles. The molecular formula is C21H25N3O6. The van der Waals surface area contributed by atoms with Crippen LogP contribution in [0.15, 0.2) is 30.3 Å². The molecule has 3 N–H and O–H groups in total. The van der Waals surface area contributed by atoms with E-state index >= 15 is 0 Å². The highest BCUT2D eigenvalue weighted by Gasteiger charge is 2.32. The van der Waals surface area contributed by atoms with E-state index in [1.54, 1.807) is 44.2 Å². The van der Waals surface area contributed by atoms with E-state index in [-0.39, 0.29) is 12.5 Å². The Morgan fingerprint density at radius 1 is 1.00 bits per heavy atom. The second-order valence-corrected chi connectivity index (χ2v) is 7.33. The summed E-state index contributed by atoms with van der Waals surface area (Å²) in [5.41, 5.74) is 0.782. The summed E-state index contributed by atoms with van der Waals surface area (Å²) in [5, 5.41) is 8.29. The average Bonchev–Trinajstić information content (AvgIpc) is 2.82. The van der Waals surface area contributed by atoms with Crippen LogP contribution in [0.2, 0.25) is 0 Å². The van der Waals surface area contributed by atoms with Gasteiger partial charge in [-0.3, -0.25) is 4.79 Å². The van der Waals surface area contributed by atoms with Gasteiger partial charge in [0.15, 0.2) is 11.5 Å². The Balaban J connectivity index is 1.76. The van der Waals surface area contributed by atoms with Crippen LogP contribution in [-0.4, -0.2) is 39.9 Å². The fourth-order valence-corrected chi connectivity index (χ4v) is 2.89. The predicted octanol–water partition coefficient (Wildman–Crippen LogP) is 3.71. The summed E-state index contributed by atoms with van der Waals surface area (Å²) < 4.78 is 21.6. The highest BCUT2D eigenvalue weighted by molar-refractivity contribution is 6.02. The minimum atomic E-state index is -0.656. The lowest BCUT2D eigenvalue weighted by molar-refractivity contribution is -0.124. The first-order chi connectivity index (χ1) is 14.3. The van der Waals surface area contributed by atoms with Crippen LogP contribution < -0.4 is 34.9 Å². The standard InChI is InChI=1S/C21H25N3O6/c1-21(2)11-30-15-7-6-12(8-14(15)24-19(21)25)22-20(26)23-13-9-16(27-3)18(29-5)17(10-13)28-4/h6-10H,11H2,1-5H3,(H,24,25)(H2,22,23,26). The van der Waals surface area contributed by atoms with E-state index in [9.17, 15) is 9.59 Å². The van der Waals surface area contributed by atoms with E-state index < -0.39 is 11.4 Å². The third kappa shape index (κ3) is 4.35. The van der Waals surface area contributed by atoms with Crippen LogP contribution in [0.1, 0.15) is 13.8 Å². The fourth-order valence-electron chi connectivity index (χ4n) is 2.89. The summed E-state index contributed by atoms with van der Waals surface area (Å²) in [4.78, 5) is 24.8. The number of nitrogens with one attached hydrogen (secondary N) is 3. The monoisotopic (exact) mass is 415 g/mol. The van der Waals surface area contributed by atoms with Crippen molar-refractivity contribution in [2.24, 2.45) is 5.41 Å². The van der Waals surface area contributed by atoms with Crippen molar-refractivity contribution in [1.82, 2.24) is 0 Å². The lowest BCUT2D eigenvalue weighted by atomic mass is 9.94. The van der Waals surface area contributed by atoms with Gasteiger partial charge in [0.2, 0.25) is 11.7 Å². The number of methoxy groups -OCH3 is 3. The molecule has 3 rings (SSSR count). The molecule has 1 heterocycles. The predicted molar refractivity (Wildman–Crippen MR) is 113 cm³/mol. The smallest absolute Gasteiger partial charge is 0.323 e. The second kappa shape index (κ2) is 8.40. The van der Waals surface area contributed by atoms with Crippen molar-refractivity contribution < 1.29 is 28.5 Å². The van der Waals surface area contributed by atoms with Gasteiger partial charge in [-0.05, 0) is 32.0 Å². The molecule has 0 radical (unpaired) electrons. The van der Waals surface area contributed by atoms with Crippen LogP contribution in [0.3, 0.4) is 0 Å². The van der Waals surface area contributed by atoms with Crippen molar-refractivity contribution in [3.8, 4) is 23.0 Å². The molecule has 0 fully saturated rings. The normalized spacial score (nSPS) is 14.4. The van der Waals surface area contributed by atoms with Crippen LogP contribution >= 0.6 is 0 Å². The average molecular weight is 415 g/mol. The zero-order valence-electron chi connectivity index (χ0n) is 17.5. The molecule has 9 heteroatoms. The molecule has 0 aromatic heterocycles. The molecule has 0 aliphatic carbocycles. The Kier molecular flexibility index (Phi) is 5.91. The number of carbonyl (C=O) groups is 2. The van der Waals surface area contributed by atoms with Crippen molar-refractivity contribution in [2.45, 2.75) is 13.8 Å². The number of hydrogen-bond donors (Lipinski definition) is 3. The van der Waals surface area contributed by atoms with Crippen LogP contribution in [0.4, 0.5) is 21.9 Å². The number of carbonyl (C=O) groups excluding carboxylic acids is 2. The maximum absolute atomic E-state index is 12.5. The summed E-state index contributed by atoms with van der Waals surface area (Å²) in [6.45, 7) is 3.87. The molecule has 0 saturated heterocycles. The van der Waals surface area contributed by atoms with E-state index in [1.165, 1.54) is 21.3 Å². The van der Waals surface area contributed by atoms with Gasteiger partial charge in [-0.2, -0.15) is 0 Å². The molecule has 1 aliphatic heterocycles. The number of benzene rings is 2. The Hall–Kier alpha value is -3.62. The molecule has 9 nitrogen and oxygen atoms in total. The van der Waals surface area contributed by atoms with Gasteiger partial charge in [0.1, 0.15) is 12.4 Å². The Bertz CT molecular complexity index is 948. The van der Waals surface area contributed by atoms with Crippen LogP contribution in [0.5, 0.6) is 23.0 Å². The summed E-state index contributed by atoms with van der Waals surface area (Å²) in [7, 11) is 4.49. The van der Waals surface area contributed by atoms with Crippen molar-refractivity contribution in [3.05, 3.63) is 30.3 Å². The van der Waals surface area contributed by atoms with Gasteiger partial charge in [-0.25, -0.2) is 4.79 Å². The van der Waals surface area contributed by atoms with Gasteiger partial charge in [-0.15, -0.1) is 0 Å². The van der Waals surface area contributed by atoms with Gasteiger partial charge in [-0.1, -0.05) is 0 Å². The van der Waals surface area contributed by atoms with Gasteiger partial charge in [0.25, 0.3) is 0 Å². The van der Waals surface area contributed by atoms with E-state index in [4.69, 9.17) is 18.9 Å². The number of amides is 3. The number of anilines is 3. The van der Waals surface area contributed by atoms with E-state index in [1.807, 2.05) is 0 Å². The SMILES string of the molecule is COc1cc(NC(=O)Nc2ccc3c(c2)NC(=O)C(C)(C)CO3)cc(OC)c1OC. The minimum absolute atomic E-state index is 0.153. The number of rotatable bonds is 5. The fraction of sp³-hybridized carbons (Fsp3) is 0.333. The Labute approximate surface area is 174 Å². The van der Waals surface area contributed by atoms with Gasteiger partial charge in [0, 0.05) is 17.8 Å². The van der Waals surface area contributed by atoms with Crippen LogP contribution in [0.25, 0.3) is 0 Å². The summed E-state index contributed by atoms with van der Waals surface area (Å²) in [6.07, 6.45) is 0. The molecule has 0 bridgehead atoms. The molecule has 160 valence electrons. The van der Waals surface area contributed by atoms with Gasteiger partial charge in [0.05, 0.1) is 38.1 Å². The first-order valence-corrected chi connectivity index (χ1v) is 9.23. The summed E-state index contributed by atoms with van der Waals surface area (Å²) >= 11 is 0. The Morgan fingerprint density at radius 2 is 1.63 bits per heavy atom. The highest BCUT2D eigenvalue weighted by Crippen LogP contribution is 2.40. The molecule has 2 aromatic rings. The minimum Gasteiger partial charge on any atom is -0.493 e. The van der Waals surface area contributed by atoms with Crippen LogP contribution in [-0.2, 0) is 4.79 Å². The molecule has 3 amide bonds. The van der Waals surface area contributed by atoms with Gasteiger partial charge >= 0.3 is 6.03 Å². The quantitative estimate of drug-likeness (QED) is 0.687. The molecule has 1 aliphatic rings. The zero-order valence-corrected chi connectivity index (χ0v) is 17.5. The molecule has 0 spiro atoms. The molecule has 0 unspecified atom stereocenters. The molecule has 30 heavy (non-hydrogen) atoms. The third-order valence-electron chi connectivity index (χ3n) is 4.61. The number of urea groups is 1. The third-order valence-corrected chi connectivity index (χ3v) is 4.61.